The van der Waals surface area contributed by atoms with Gasteiger partial charge < -0.3 is 5.73 Å². The summed E-state index contributed by atoms with van der Waals surface area (Å²) in [5, 5.41) is 19.5. The van der Waals surface area contributed by atoms with Crippen molar-refractivity contribution in [3.8, 4) is 6.07 Å². The van der Waals surface area contributed by atoms with Gasteiger partial charge in [0.15, 0.2) is 10.1 Å². The van der Waals surface area contributed by atoms with Crippen molar-refractivity contribution in [3.05, 3.63) is 94.0 Å². The van der Waals surface area contributed by atoms with Gasteiger partial charge in [-0.1, -0.05) is 77.7 Å². The Hall–Kier alpha value is -3.41. The minimum atomic E-state index is -0.454. The standard InChI is InChI=1S/C26H23N5OS2/c1-16-8-5-6-11-18(16)22-19(14-27)24(28)31(20-12-7-13-21(32)23(20)22)25-29-30-26(34-25)33-15-17-9-3-2-4-10-17/h2-6,8-11,22H,7,12-13,15,28H2,1H3. The van der Waals surface area contributed by atoms with E-state index in [0.29, 0.717) is 34.9 Å². The number of aryl methyl sites for hydroxylation is 1. The van der Waals surface area contributed by atoms with Gasteiger partial charge >= 0.3 is 0 Å². The number of thioether (sulfide) groups is 1. The molecule has 1 aromatic heterocycles. The Kier molecular flexibility index (Phi) is 6.22. The number of aromatic nitrogens is 2. The normalized spacial score (nSPS) is 18.2. The number of hydrogen-bond donors (Lipinski definition) is 1. The van der Waals surface area contributed by atoms with Crippen molar-refractivity contribution in [2.24, 2.45) is 5.73 Å². The molecule has 1 aliphatic heterocycles. The summed E-state index contributed by atoms with van der Waals surface area (Å²) in [6.07, 6.45) is 1.93. The van der Waals surface area contributed by atoms with Crippen LogP contribution < -0.4 is 10.6 Å². The maximum Gasteiger partial charge on any atom is 0.219 e. The fourth-order valence-corrected chi connectivity index (χ4v) is 6.43. The highest BCUT2D eigenvalue weighted by molar-refractivity contribution is 8.00. The van der Waals surface area contributed by atoms with E-state index in [-0.39, 0.29) is 5.78 Å². The molecule has 2 N–H and O–H groups in total. The molecule has 1 unspecified atom stereocenters. The molecule has 5 rings (SSSR count). The lowest BCUT2D eigenvalue weighted by molar-refractivity contribution is -0.116. The predicted octanol–water partition coefficient (Wildman–Crippen LogP) is 5.44. The molecule has 0 saturated heterocycles. The van der Waals surface area contributed by atoms with Crippen LogP contribution in [0.15, 0.2) is 81.6 Å². The molecule has 34 heavy (non-hydrogen) atoms. The zero-order chi connectivity index (χ0) is 23.7. The zero-order valence-electron chi connectivity index (χ0n) is 18.7. The molecule has 0 amide bonds. The Bertz CT molecular complexity index is 1350. The van der Waals surface area contributed by atoms with Crippen molar-refractivity contribution in [3.63, 3.8) is 0 Å². The number of anilines is 1. The molecular formula is C26H23N5OS2. The summed E-state index contributed by atoms with van der Waals surface area (Å²) in [6.45, 7) is 2.00. The van der Waals surface area contributed by atoms with Gasteiger partial charge in [0.1, 0.15) is 5.82 Å². The van der Waals surface area contributed by atoms with Crippen molar-refractivity contribution in [2.75, 3.05) is 4.90 Å². The molecule has 2 aromatic carbocycles. The number of nitrogens with zero attached hydrogens (tertiary/aromatic N) is 4. The van der Waals surface area contributed by atoms with Crippen LogP contribution in [0.4, 0.5) is 5.13 Å². The quantitative estimate of drug-likeness (QED) is 0.481. The Morgan fingerprint density at radius 3 is 2.68 bits per heavy atom. The van der Waals surface area contributed by atoms with Crippen LogP contribution in [-0.4, -0.2) is 16.0 Å². The number of nitrogens with two attached hydrogens (primary N) is 1. The molecule has 6 nitrogen and oxygen atoms in total. The smallest absolute Gasteiger partial charge is 0.219 e. The molecule has 2 aliphatic rings. The van der Waals surface area contributed by atoms with E-state index < -0.39 is 5.92 Å². The van der Waals surface area contributed by atoms with Crippen LogP contribution in [0.5, 0.6) is 0 Å². The SMILES string of the molecule is Cc1ccccc1C1C(C#N)=C(N)N(c2nnc(SCc3ccccc3)s2)C2=C1C(=O)CCC2. The van der Waals surface area contributed by atoms with E-state index in [9.17, 15) is 10.1 Å². The molecule has 1 atom stereocenters. The molecule has 8 heteroatoms. The number of Topliss-reactive ketones (excluding diaryl/α,β-unsaturated/α-hetero) is 1. The van der Waals surface area contributed by atoms with Crippen LogP contribution in [0.3, 0.4) is 0 Å². The zero-order valence-corrected chi connectivity index (χ0v) is 20.3. The van der Waals surface area contributed by atoms with Gasteiger partial charge in [-0.3, -0.25) is 9.69 Å². The number of hydrogen-bond acceptors (Lipinski definition) is 8. The van der Waals surface area contributed by atoms with Crippen LogP contribution in [0, 0.1) is 18.3 Å². The third kappa shape index (κ3) is 4.02. The van der Waals surface area contributed by atoms with E-state index in [2.05, 4.69) is 28.4 Å². The van der Waals surface area contributed by atoms with Crippen LogP contribution in [0.1, 0.15) is 41.9 Å². The molecule has 170 valence electrons. The van der Waals surface area contributed by atoms with Crippen LogP contribution >= 0.6 is 23.1 Å². The Morgan fingerprint density at radius 2 is 1.91 bits per heavy atom. The largest absolute Gasteiger partial charge is 0.384 e. The van der Waals surface area contributed by atoms with E-state index in [1.165, 1.54) is 16.9 Å². The highest BCUT2D eigenvalue weighted by Gasteiger charge is 2.41. The first-order valence-corrected chi connectivity index (χ1v) is 12.9. The number of carbonyl (C=O) groups is 1. The monoisotopic (exact) mass is 485 g/mol. The second kappa shape index (κ2) is 9.45. The van der Waals surface area contributed by atoms with Gasteiger partial charge in [0.2, 0.25) is 5.13 Å². The summed E-state index contributed by atoms with van der Waals surface area (Å²) in [4.78, 5) is 15.0. The Labute approximate surface area is 206 Å². The average molecular weight is 486 g/mol. The van der Waals surface area contributed by atoms with Crippen LogP contribution in [-0.2, 0) is 10.5 Å². The summed E-state index contributed by atoms with van der Waals surface area (Å²) in [6, 6.07) is 20.4. The van der Waals surface area contributed by atoms with Crippen molar-refractivity contribution >= 4 is 34.0 Å². The van der Waals surface area contributed by atoms with Crippen molar-refractivity contribution in [2.45, 2.75) is 42.2 Å². The fourth-order valence-electron chi connectivity index (χ4n) is 4.60. The molecule has 0 bridgehead atoms. The lowest BCUT2D eigenvalue weighted by Crippen LogP contribution is -2.38. The fraction of sp³-hybridized carbons (Fsp3) is 0.231. The number of rotatable bonds is 5. The Morgan fingerprint density at radius 1 is 1.15 bits per heavy atom. The van der Waals surface area contributed by atoms with Gasteiger partial charge in [0, 0.05) is 23.4 Å². The first-order valence-electron chi connectivity index (χ1n) is 11.1. The lowest BCUT2D eigenvalue weighted by atomic mass is 9.75. The van der Waals surface area contributed by atoms with E-state index >= 15 is 0 Å². The van der Waals surface area contributed by atoms with Gasteiger partial charge in [0.05, 0.1) is 17.6 Å². The predicted molar refractivity (Wildman–Crippen MR) is 135 cm³/mol. The minimum absolute atomic E-state index is 0.0722. The van der Waals surface area contributed by atoms with Crippen molar-refractivity contribution < 1.29 is 4.79 Å². The minimum Gasteiger partial charge on any atom is -0.384 e. The molecule has 2 heterocycles. The number of benzene rings is 2. The maximum absolute atomic E-state index is 13.2. The summed E-state index contributed by atoms with van der Waals surface area (Å²) in [5.41, 5.74) is 11.7. The average Bonchev–Trinajstić information content (AvgIpc) is 3.32. The van der Waals surface area contributed by atoms with E-state index in [1.807, 2.05) is 49.4 Å². The van der Waals surface area contributed by atoms with Crippen molar-refractivity contribution in [1.82, 2.24) is 10.2 Å². The molecule has 0 fully saturated rings. The third-order valence-corrected chi connectivity index (χ3v) is 8.32. The maximum atomic E-state index is 13.2. The molecule has 0 radical (unpaired) electrons. The molecule has 0 saturated carbocycles. The highest BCUT2D eigenvalue weighted by Crippen LogP contribution is 2.47. The number of nitriles is 1. The second-order valence-electron chi connectivity index (χ2n) is 8.30. The number of ketones is 1. The van der Waals surface area contributed by atoms with Crippen LogP contribution in [0.25, 0.3) is 0 Å². The van der Waals surface area contributed by atoms with Gasteiger partial charge in [-0.05, 0) is 36.5 Å². The first-order chi connectivity index (χ1) is 16.6. The van der Waals surface area contributed by atoms with Crippen LogP contribution in [0.2, 0.25) is 0 Å². The summed E-state index contributed by atoms with van der Waals surface area (Å²) in [7, 11) is 0. The lowest BCUT2D eigenvalue weighted by Gasteiger charge is -2.38. The molecule has 1 aliphatic carbocycles. The summed E-state index contributed by atoms with van der Waals surface area (Å²) < 4.78 is 0.815. The second-order valence-corrected chi connectivity index (χ2v) is 10.5. The highest BCUT2D eigenvalue weighted by atomic mass is 32.2. The van der Waals surface area contributed by atoms with Gasteiger partial charge in [-0.15, -0.1) is 10.2 Å². The topological polar surface area (TPSA) is 95.9 Å². The summed E-state index contributed by atoms with van der Waals surface area (Å²) >= 11 is 3.04. The van der Waals surface area contributed by atoms with E-state index in [1.54, 1.807) is 16.7 Å². The molecular weight excluding hydrogens is 462 g/mol. The molecule has 3 aromatic rings. The third-order valence-electron chi connectivity index (χ3n) is 6.20. The van der Waals surface area contributed by atoms with E-state index in [0.717, 1.165) is 33.3 Å². The number of allylic oxidation sites excluding steroid dienone is 3. The Balaban J connectivity index is 1.55. The van der Waals surface area contributed by atoms with E-state index in [4.69, 9.17) is 5.73 Å². The van der Waals surface area contributed by atoms with Gasteiger partial charge in [0.25, 0.3) is 0 Å². The summed E-state index contributed by atoms with van der Waals surface area (Å²) in [5.74, 6) is 0.736. The van der Waals surface area contributed by atoms with Gasteiger partial charge in [-0.25, -0.2) is 0 Å². The number of carbonyl (C=O) groups excluding carboxylic acids is 1. The van der Waals surface area contributed by atoms with Gasteiger partial charge in [-0.2, -0.15) is 5.26 Å². The molecule has 0 spiro atoms. The van der Waals surface area contributed by atoms with Crippen molar-refractivity contribution in [1.29, 1.82) is 5.26 Å². The first kappa shape index (κ1) is 22.4.